The van der Waals surface area contributed by atoms with E-state index in [0.717, 1.165) is 66.8 Å². The Hall–Kier alpha value is -8.98. The van der Waals surface area contributed by atoms with Gasteiger partial charge in [-0.2, -0.15) is 0 Å². The molecule has 2 nitrogen and oxygen atoms in total. The van der Waals surface area contributed by atoms with E-state index in [1.54, 1.807) is 0 Å². The monoisotopic (exact) mass is 865 g/mol. The summed E-state index contributed by atoms with van der Waals surface area (Å²) in [4.78, 5) is 2.42. The van der Waals surface area contributed by atoms with Crippen LogP contribution < -0.4 is 4.90 Å². The van der Waals surface area contributed by atoms with E-state index in [2.05, 4.69) is 254 Å². The van der Waals surface area contributed by atoms with Crippen LogP contribution in [0.2, 0.25) is 0 Å². The average Bonchev–Trinajstić information content (AvgIpc) is 3.80. The minimum atomic E-state index is 0.898. The first-order valence-corrected chi connectivity index (χ1v) is 23.3. The summed E-state index contributed by atoms with van der Waals surface area (Å²) in [5, 5.41) is 9.64. The lowest BCUT2D eigenvalue weighted by molar-refractivity contribution is 0.670. The van der Waals surface area contributed by atoms with Crippen LogP contribution in [0.25, 0.3) is 110 Å². The Morgan fingerprint density at radius 2 is 0.794 bits per heavy atom. The van der Waals surface area contributed by atoms with Gasteiger partial charge in [0.25, 0.3) is 0 Å². The van der Waals surface area contributed by atoms with E-state index in [9.17, 15) is 0 Å². The van der Waals surface area contributed by atoms with Crippen molar-refractivity contribution in [2.45, 2.75) is 0 Å². The smallest absolute Gasteiger partial charge is 0.143 e. The van der Waals surface area contributed by atoms with Gasteiger partial charge < -0.3 is 9.32 Å². The lowest BCUT2D eigenvalue weighted by Gasteiger charge is -2.29. The molecule has 318 valence electrons. The van der Waals surface area contributed by atoms with Crippen LogP contribution in [0.1, 0.15) is 0 Å². The molecule has 1 aromatic heterocycles. The van der Waals surface area contributed by atoms with Gasteiger partial charge in [0.05, 0.1) is 5.69 Å². The van der Waals surface area contributed by atoms with Gasteiger partial charge in [-0.3, -0.25) is 0 Å². The first kappa shape index (κ1) is 39.4. The molecule has 0 saturated carbocycles. The molecule has 68 heavy (non-hydrogen) atoms. The Labute approximate surface area is 395 Å². The van der Waals surface area contributed by atoms with Gasteiger partial charge in [0.2, 0.25) is 0 Å². The van der Waals surface area contributed by atoms with Crippen LogP contribution in [0.15, 0.2) is 265 Å². The molecule has 0 fully saturated rings. The third kappa shape index (κ3) is 6.65. The highest BCUT2D eigenvalue weighted by atomic mass is 16.3. The largest absolute Gasteiger partial charge is 0.455 e. The molecule has 0 spiro atoms. The number of hydrogen-bond acceptors (Lipinski definition) is 2. The molecule has 0 aliphatic heterocycles. The predicted octanol–water partition coefficient (Wildman–Crippen LogP) is 18.9. The Morgan fingerprint density at radius 1 is 0.265 bits per heavy atom. The van der Waals surface area contributed by atoms with Crippen molar-refractivity contribution in [2.75, 3.05) is 4.90 Å². The van der Waals surface area contributed by atoms with Gasteiger partial charge in [-0.05, 0) is 119 Å². The molecule has 0 atom stereocenters. The fourth-order valence-electron chi connectivity index (χ4n) is 10.6. The van der Waals surface area contributed by atoms with Gasteiger partial charge in [0.1, 0.15) is 11.2 Å². The van der Waals surface area contributed by atoms with Gasteiger partial charge >= 0.3 is 0 Å². The Kier molecular flexibility index (Phi) is 9.54. The molecular weight excluding hydrogens is 823 g/mol. The number of anilines is 3. The van der Waals surface area contributed by atoms with E-state index in [-0.39, 0.29) is 0 Å². The van der Waals surface area contributed by atoms with E-state index in [0.29, 0.717) is 0 Å². The number of para-hydroxylation sites is 3. The summed E-state index contributed by atoms with van der Waals surface area (Å²) in [6.07, 6.45) is 0. The van der Waals surface area contributed by atoms with Gasteiger partial charge in [0.15, 0.2) is 0 Å². The van der Waals surface area contributed by atoms with Crippen LogP contribution in [0.3, 0.4) is 0 Å². The second kappa shape index (κ2) is 16.5. The van der Waals surface area contributed by atoms with Crippen LogP contribution in [-0.4, -0.2) is 0 Å². The first-order chi connectivity index (χ1) is 33.7. The average molecular weight is 866 g/mol. The summed E-state index contributed by atoms with van der Waals surface area (Å²) in [7, 11) is 0. The summed E-state index contributed by atoms with van der Waals surface area (Å²) >= 11 is 0. The van der Waals surface area contributed by atoms with Crippen molar-refractivity contribution in [1.29, 1.82) is 0 Å². The molecule has 0 radical (unpaired) electrons. The normalized spacial score (nSPS) is 11.5. The maximum Gasteiger partial charge on any atom is 0.143 e. The Morgan fingerprint density at radius 3 is 1.60 bits per heavy atom. The second-order valence-electron chi connectivity index (χ2n) is 17.5. The molecule has 13 aromatic rings. The highest BCUT2D eigenvalue weighted by Crippen LogP contribution is 2.48. The number of nitrogens with zero attached hydrogens (tertiary/aromatic N) is 1. The zero-order chi connectivity index (χ0) is 45.0. The van der Waals surface area contributed by atoms with Crippen LogP contribution in [-0.2, 0) is 0 Å². The second-order valence-corrected chi connectivity index (χ2v) is 17.5. The summed E-state index contributed by atoms with van der Waals surface area (Å²) in [5.74, 6) is 0. The minimum absolute atomic E-state index is 0.898. The third-order valence-electron chi connectivity index (χ3n) is 13.7. The molecule has 0 bridgehead atoms. The van der Waals surface area contributed by atoms with E-state index in [1.165, 1.54) is 60.1 Å². The minimum Gasteiger partial charge on any atom is -0.455 e. The van der Waals surface area contributed by atoms with Crippen molar-refractivity contribution in [3.05, 3.63) is 261 Å². The SMILES string of the molecule is c1ccc(-c2c(-c3ccccc3)c3cc(-c4ccccc4N(c4ccc(-c5cccc6c5oc5ccccc56)cc4)c4cccc(-c5cccc6ccccc56)c4)ccc3c3ccccc23)cc1. The van der Waals surface area contributed by atoms with Gasteiger partial charge in [-0.15, -0.1) is 0 Å². The van der Waals surface area contributed by atoms with E-state index in [4.69, 9.17) is 4.42 Å². The number of benzene rings is 12. The molecule has 1 heterocycles. The van der Waals surface area contributed by atoms with Gasteiger partial charge in [0, 0.05) is 33.3 Å². The van der Waals surface area contributed by atoms with E-state index in [1.807, 2.05) is 12.1 Å². The van der Waals surface area contributed by atoms with Crippen LogP contribution >= 0.6 is 0 Å². The van der Waals surface area contributed by atoms with Crippen molar-refractivity contribution in [3.8, 4) is 55.6 Å². The van der Waals surface area contributed by atoms with Crippen molar-refractivity contribution >= 4 is 71.3 Å². The van der Waals surface area contributed by atoms with Gasteiger partial charge in [-0.1, -0.05) is 218 Å². The zero-order valence-corrected chi connectivity index (χ0v) is 37.2. The molecule has 0 aliphatic rings. The third-order valence-corrected chi connectivity index (χ3v) is 13.7. The standard InChI is InChI=1S/C66H43NO/c1-3-19-46(20-4-1)64-59-30-10-9-28-56(59)57-41-38-49(43-61(57)65(64)47-21-5-2-6-22-47)54-27-11-13-34-62(54)67(51-25-15-24-48(42-51)53-31-16-23-44-18-7-8-26-52(44)53)50-39-36-45(37-40-50)55-32-17-33-60-58-29-12-14-35-63(58)68-66(55)60/h1-43H. The predicted molar refractivity (Wildman–Crippen MR) is 288 cm³/mol. The fourth-order valence-corrected chi connectivity index (χ4v) is 10.6. The highest BCUT2D eigenvalue weighted by Gasteiger charge is 2.22. The Bertz CT molecular complexity index is 4010. The molecule has 0 aliphatic carbocycles. The van der Waals surface area contributed by atoms with Crippen LogP contribution in [0, 0.1) is 0 Å². The number of rotatable bonds is 8. The number of hydrogen-bond donors (Lipinski definition) is 0. The lowest BCUT2D eigenvalue weighted by Crippen LogP contribution is -2.11. The summed E-state index contributed by atoms with van der Waals surface area (Å²) < 4.78 is 6.52. The first-order valence-electron chi connectivity index (χ1n) is 23.3. The molecular formula is C66H43NO. The summed E-state index contributed by atoms with van der Waals surface area (Å²) in [6, 6.07) is 94.6. The summed E-state index contributed by atoms with van der Waals surface area (Å²) in [6.45, 7) is 0. The number of fused-ring (bicyclic) bond motifs is 7. The zero-order valence-electron chi connectivity index (χ0n) is 37.2. The highest BCUT2D eigenvalue weighted by molar-refractivity contribution is 6.22. The van der Waals surface area contributed by atoms with E-state index < -0.39 is 0 Å². The fraction of sp³-hybridized carbons (Fsp3) is 0. The van der Waals surface area contributed by atoms with E-state index >= 15 is 0 Å². The molecule has 0 N–H and O–H groups in total. The lowest BCUT2D eigenvalue weighted by atomic mass is 9.84. The van der Waals surface area contributed by atoms with Gasteiger partial charge in [-0.25, -0.2) is 0 Å². The van der Waals surface area contributed by atoms with Crippen molar-refractivity contribution < 1.29 is 4.42 Å². The quantitative estimate of drug-likeness (QED) is 0.142. The maximum absolute atomic E-state index is 6.52. The molecule has 0 amide bonds. The van der Waals surface area contributed by atoms with Crippen LogP contribution in [0.4, 0.5) is 17.1 Å². The molecule has 13 rings (SSSR count). The van der Waals surface area contributed by atoms with Crippen molar-refractivity contribution in [2.24, 2.45) is 0 Å². The molecule has 12 aromatic carbocycles. The van der Waals surface area contributed by atoms with Crippen molar-refractivity contribution in [3.63, 3.8) is 0 Å². The van der Waals surface area contributed by atoms with Crippen LogP contribution in [0.5, 0.6) is 0 Å². The summed E-state index contributed by atoms with van der Waals surface area (Å²) in [5.41, 5.74) is 16.7. The molecule has 0 unspecified atom stereocenters. The van der Waals surface area contributed by atoms with Crippen molar-refractivity contribution in [1.82, 2.24) is 0 Å². The molecule has 2 heteroatoms. The number of furan rings is 1. The maximum atomic E-state index is 6.52. The molecule has 0 saturated heterocycles. The Balaban J connectivity index is 1.02. The topological polar surface area (TPSA) is 16.4 Å².